The van der Waals surface area contributed by atoms with Gasteiger partial charge in [0.15, 0.2) is 5.16 Å². The van der Waals surface area contributed by atoms with Crippen molar-refractivity contribution in [1.82, 2.24) is 9.97 Å². The second kappa shape index (κ2) is 6.55. The maximum absolute atomic E-state index is 11.5. The third-order valence-electron chi connectivity index (χ3n) is 3.16. The largest absolute Gasteiger partial charge is 0.477 e. The first-order chi connectivity index (χ1) is 11.5. The van der Waals surface area contributed by atoms with Crippen LogP contribution in [0.4, 0.5) is 5.69 Å². The minimum atomic E-state index is -1.13. The highest BCUT2D eigenvalue weighted by Gasteiger charge is 2.14. The molecule has 2 aromatic carbocycles. The topological polar surface area (TPSA) is 109 Å². The fourth-order valence-corrected chi connectivity index (χ4v) is 2.89. The predicted molar refractivity (Wildman–Crippen MR) is 90.7 cm³/mol. The van der Waals surface area contributed by atoms with Crippen molar-refractivity contribution in [3.8, 4) is 0 Å². The van der Waals surface area contributed by atoms with Crippen molar-refractivity contribution in [1.29, 1.82) is 0 Å². The molecule has 0 aliphatic rings. The fraction of sp³-hybridized carbons (Fsp3) is 0. The molecule has 0 spiro atoms. The lowest BCUT2D eigenvalue weighted by Gasteiger charge is -2.00. The van der Waals surface area contributed by atoms with Crippen LogP contribution in [-0.4, -0.2) is 26.0 Å². The second-order valence-electron chi connectivity index (χ2n) is 4.83. The Balaban J connectivity index is 1.93. The van der Waals surface area contributed by atoms with E-state index in [9.17, 15) is 20.0 Å². The number of aromatic amines is 1. The molecule has 0 amide bonds. The summed E-state index contributed by atoms with van der Waals surface area (Å²) in [4.78, 5) is 29.1. The zero-order valence-corrected chi connectivity index (χ0v) is 13.0. The van der Waals surface area contributed by atoms with Gasteiger partial charge in [-0.3, -0.25) is 10.1 Å². The van der Waals surface area contributed by atoms with Gasteiger partial charge in [0.1, 0.15) is 4.91 Å². The number of aliphatic carboxylic acids is 1. The lowest BCUT2D eigenvalue weighted by Crippen LogP contribution is -1.97. The van der Waals surface area contributed by atoms with E-state index >= 15 is 0 Å². The van der Waals surface area contributed by atoms with Crippen LogP contribution in [0.25, 0.3) is 17.1 Å². The van der Waals surface area contributed by atoms with Gasteiger partial charge in [-0.25, -0.2) is 9.78 Å². The molecule has 0 radical (unpaired) electrons. The van der Waals surface area contributed by atoms with E-state index in [4.69, 9.17) is 0 Å². The van der Waals surface area contributed by atoms with E-state index in [2.05, 4.69) is 9.97 Å². The van der Waals surface area contributed by atoms with Crippen molar-refractivity contribution >= 4 is 40.5 Å². The number of H-pyrrole nitrogens is 1. The number of carboxylic acids is 1. The first-order valence-corrected chi connectivity index (χ1v) is 7.66. The Morgan fingerprint density at radius 1 is 1.25 bits per heavy atom. The number of nitro benzene ring substituents is 1. The van der Waals surface area contributed by atoms with Crippen molar-refractivity contribution in [2.45, 2.75) is 5.16 Å². The normalized spacial score (nSPS) is 11.6. The Morgan fingerprint density at radius 2 is 2.04 bits per heavy atom. The molecule has 7 nitrogen and oxygen atoms in total. The lowest BCUT2D eigenvalue weighted by atomic mass is 10.2. The van der Waals surface area contributed by atoms with Crippen LogP contribution in [0, 0.1) is 10.1 Å². The van der Waals surface area contributed by atoms with Crippen molar-refractivity contribution < 1.29 is 14.8 Å². The highest BCUT2D eigenvalue weighted by Crippen LogP contribution is 2.28. The Morgan fingerprint density at radius 3 is 2.75 bits per heavy atom. The zero-order valence-electron chi connectivity index (χ0n) is 12.2. The molecule has 0 bridgehead atoms. The first kappa shape index (κ1) is 15.8. The summed E-state index contributed by atoms with van der Waals surface area (Å²) < 4.78 is 0. The van der Waals surface area contributed by atoms with Crippen LogP contribution in [0.2, 0.25) is 0 Å². The van der Waals surface area contributed by atoms with Gasteiger partial charge in [-0.2, -0.15) is 0 Å². The van der Waals surface area contributed by atoms with Gasteiger partial charge in [0.2, 0.25) is 0 Å². The zero-order chi connectivity index (χ0) is 17.1. The molecule has 8 heteroatoms. The number of fused-ring (bicyclic) bond motifs is 1. The van der Waals surface area contributed by atoms with E-state index in [1.165, 1.54) is 24.3 Å². The van der Waals surface area contributed by atoms with Crippen molar-refractivity contribution in [2.24, 2.45) is 0 Å². The molecule has 3 rings (SSSR count). The molecule has 1 aromatic heterocycles. The summed E-state index contributed by atoms with van der Waals surface area (Å²) in [5, 5.41) is 20.6. The molecular formula is C16H11N3O4S. The number of imidazole rings is 1. The van der Waals surface area contributed by atoms with Crippen LogP contribution in [0.15, 0.2) is 58.6 Å². The van der Waals surface area contributed by atoms with E-state index < -0.39 is 10.9 Å². The third kappa shape index (κ3) is 3.44. The Kier molecular flexibility index (Phi) is 4.30. The van der Waals surface area contributed by atoms with Crippen molar-refractivity contribution in [3.05, 3.63) is 69.1 Å². The van der Waals surface area contributed by atoms with Crippen LogP contribution in [0.3, 0.4) is 0 Å². The van der Waals surface area contributed by atoms with Gasteiger partial charge in [0.05, 0.1) is 16.0 Å². The molecule has 120 valence electrons. The van der Waals surface area contributed by atoms with Crippen LogP contribution in [-0.2, 0) is 4.79 Å². The monoisotopic (exact) mass is 341 g/mol. The number of benzene rings is 2. The molecule has 2 N–H and O–H groups in total. The molecular weight excluding hydrogens is 330 g/mol. The van der Waals surface area contributed by atoms with E-state index in [1.807, 2.05) is 24.3 Å². The van der Waals surface area contributed by atoms with Gasteiger partial charge in [-0.15, -0.1) is 0 Å². The Hall–Kier alpha value is -3.13. The quantitative estimate of drug-likeness (QED) is 0.317. The van der Waals surface area contributed by atoms with E-state index in [0.717, 1.165) is 22.8 Å². The molecule has 0 atom stereocenters. The average Bonchev–Trinajstić information content (AvgIpc) is 2.96. The molecule has 0 fully saturated rings. The van der Waals surface area contributed by atoms with Gasteiger partial charge in [-0.05, 0) is 35.5 Å². The van der Waals surface area contributed by atoms with Gasteiger partial charge in [0.25, 0.3) is 5.69 Å². The van der Waals surface area contributed by atoms with Crippen LogP contribution in [0.5, 0.6) is 0 Å². The molecule has 0 saturated heterocycles. The van der Waals surface area contributed by atoms with Crippen LogP contribution >= 0.6 is 11.8 Å². The Labute approximate surface area is 140 Å². The molecule has 3 aromatic rings. The van der Waals surface area contributed by atoms with Gasteiger partial charge in [-0.1, -0.05) is 24.3 Å². The smallest absolute Gasteiger partial charge is 0.342 e. The van der Waals surface area contributed by atoms with Crippen LogP contribution in [0.1, 0.15) is 5.56 Å². The number of rotatable bonds is 5. The molecule has 0 unspecified atom stereocenters. The highest BCUT2D eigenvalue weighted by atomic mass is 32.2. The molecule has 0 aliphatic carbocycles. The van der Waals surface area contributed by atoms with Crippen molar-refractivity contribution in [3.63, 3.8) is 0 Å². The number of nitrogens with one attached hydrogen (secondary N) is 1. The standard InChI is InChI=1S/C16H11N3O4S/c20-15(21)14(9-10-4-3-5-11(8-10)19(22)23)24-16-17-12-6-1-2-7-13(12)18-16/h1-9H,(H,17,18)(H,20,21)/b14-9-. The summed E-state index contributed by atoms with van der Waals surface area (Å²) in [6, 6.07) is 13.1. The molecule has 0 aliphatic heterocycles. The minimum absolute atomic E-state index is 0.00885. The van der Waals surface area contributed by atoms with E-state index in [1.54, 1.807) is 6.07 Å². The number of non-ortho nitro benzene ring substituents is 1. The fourth-order valence-electron chi connectivity index (χ4n) is 2.10. The number of thioether (sulfide) groups is 1. The number of carbonyl (C=O) groups is 1. The summed E-state index contributed by atoms with van der Waals surface area (Å²) in [7, 11) is 0. The summed E-state index contributed by atoms with van der Waals surface area (Å²) in [5.74, 6) is -1.13. The van der Waals surface area contributed by atoms with Crippen molar-refractivity contribution in [2.75, 3.05) is 0 Å². The first-order valence-electron chi connectivity index (χ1n) is 6.85. The predicted octanol–water partition coefficient (Wildman–Crippen LogP) is 3.69. The minimum Gasteiger partial charge on any atom is -0.477 e. The summed E-state index contributed by atoms with van der Waals surface area (Å²) >= 11 is 0.957. The summed E-state index contributed by atoms with van der Waals surface area (Å²) in [5.41, 5.74) is 1.88. The number of nitrogens with zero attached hydrogens (tertiary/aromatic N) is 2. The number of carboxylic acid groups (broad SMARTS) is 1. The molecule has 24 heavy (non-hydrogen) atoms. The maximum atomic E-state index is 11.5. The number of para-hydroxylation sites is 2. The molecule has 1 heterocycles. The number of aromatic nitrogens is 2. The average molecular weight is 341 g/mol. The summed E-state index contributed by atoms with van der Waals surface area (Å²) in [6.07, 6.45) is 1.38. The SMILES string of the molecule is O=C(O)/C(=C/c1cccc([N+](=O)[O-])c1)Sc1nc2ccccc2[nH]1. The van der Waals surface area contributed by atoms with E-state index in [0.29, 0.717) is 10.7 Å². The van der Waals surface area contributed by atoms with Gasteiger partial charge in [0, 0.05) is 12.1 Å². The number of hydrogen-bond donors (Lipinski definition) is 2. The van der Waals surface area contributed by atoms with E-state index in [-0.39, 0.29) is 10.6 Å². The Bertz CT molecular complexity index is 932. The van der Waals surface area contributed by atoms with Gasteiger partial charge < -0.3 is 10.1 Å². The maximum Gasteiger partial charge on any atom is 0.342 e. The van der Waals surface area contributed by atoms with Gasteiger partial charge >= 0.3 is 5.97 Å². The summed E-state index contributed by atoms with van der Waals surface area (Å²) in [6.45, 7) is 0. The number of hydrogen-bond acceptors (Lipinski definition) is 5. The molecule has 0 saturated carbocycles. The lowest BCUT2D eigenvalue weighted by molar-refractivity contribution is -0.384. The number of nitro groups is 1. The highest BCUT2D eigenvalue weighted by molar-refractivity contribution is 8.04. The third-order valence-corrected chi connectivity index (χ3v) is 4.06. The second-order valence-corrected chi connectivity index (χ2v) is 5.86. The van der Waals surface area contributed by atoms with Crippen LogP contribution < -0.4 is 0 Å².